The number of aryl methyl sites for hydroxylation is 1. The summed E-state index contributed by atoms with van der Waals surface area (Å²) in [6.45, 7) is 4.55. The second-order valence-corrected chi connectivity index (χ2v) is 8.12. The molecule has 2 heterocycles. The predicted octanol–water partition coefficient (Wildman–Crippen LogP) is 3.06. The van der Waals surface area contributed by atoms with Gasteiger partial charge in [0.2, 0.25) is 10.0 Å². The molecule has 116 valence electrons. The molecule has 0 radical (unpaired) electrons. The third-order valence-corrected chi connectivity index (χ3v) is 6.57. The first kappa shape index (κ1) is 15.0. The predicted molar refractivity (Wildman–Crippen MR) is 81.4 cm³/mol. The summed E-state index contributed by atoms with van der Waals surface area (Å²) in [5.74, 6) is 0. The number of hydrogen-bond acceptors (Lipinski definition) is 3. The summed E-state index contributed by atoms with van der Waals surface area (Å²) in [6.07, 6.45) is 4.62. The normalized spacial score (nSPS) is 30.9. The highest BCUT2D eigenvalue weighted by molar-refractivity contribution is 7.89. The van der Waals surface area contributed by atoms with Gasteiger partial charge >= 0.3 is 0 Å². The topological polar surface area (TPSA) is 46.6 Å². The lowest BCUT2D eigenvalue weighted by Gasteiger charge is -2.43. The maximum absolute atomic E-state index is 13.0. The molecule has 2 saturated heterocycles. The molecule has 2 unspecified atom stereocenters. The van der Waals surface area contributed by atoms with Gasteiger partial charge in [-0.15, -0.1) is 0 Å². The smallest absolute Gasteiger partial charge is 0.245 e. The second-order valence-electron chi connectivity index (χ2n) is 6.26. The summed E-state index contributed by atoms with van der Waals surface area (Å²) in [6, 6.07) is 7.10. The first-order valence-electron chi connectivity index (χ1n) is 7.71. The van der Waals surface area contributed by atoms with Gasteiger partial charge in [-0.3, -0.25) is 0 Å². The number of ether oxygens (including phenoxy) is 1. The molecule has 2 aliphatic rings. The Morgan fingerprint density at radius 1 is 1.19 bits per heavy atom. The van der Waals surface area contributed by atoms with Gasteiger partial charge in [0.05, 0.1) is 11.0 Å². The summed E-state index contributed by atoms with van der Waals surface area (Å²) < 4.78 is 33.7. The van der Waals surface area contributed by atoms with E-state index in [4.69, 9.17) is 4.74 Å². The Bertz CT molecular complexity index is 607. The van der Waals surface area contributed by atoms with Gasteiger partial charge in [0.25, 0.3) is 0 Å². The van der Waals surface area contributed by atoms with E-state index in [1.165, 1.54) is 0 Å². The maximum atomic E-state index is 13.0. The molecule has 0 aromatic heterocycles. The molecule has 0 saturated carbocycles. The van der Waals surface area contributed by atoms with Crippen molar-refractivity contribution in [1.29, 1.82) is 0 Å². The molecule has 0 bridgehead atoms. The largest absolute Gasteiger partial charge is 0.356 e. The molecule has 4 nitrogen and oxygen atoms in total. The zero-order chi connectivity index (χ0) is 15.1. The minimum atomic E-state index is -3.49. The van der Waals surface area contributed by atoms with Crippen LogP contribution in [0.25, 0.3) is 0 Å². The van der Waals surface area contributed by atoms with Crippen molar-refractivity contribution in [3.05, 3.63) is 29.8 Å². The summed E-state index contributed by atoms with van der Waals surface area (Å²) >= 11 is 0. The SMILES string of the molecule is Cc1ccc(S(=O)(=O)N2CCCCC23CCC(C)O3)cc1. The fraction of sp³-hybridized carbons (Fsp3) is 0.625. The number of benzene rings is 1. The monoisotopic (exact) mass is 309 g/mol. The van der Waals surface area contributed by atoms with Crippen molar-refractivity contribution in [1.82, 2.24) is 4.31 Å². The first-order valence-corrected chi connectivity index (χ1v) is 9.15. The van der Waals surface area contributed by atoms with E-state index in [1.54, 1.807) is 16.4 Å². The van der Waals surface area contributed by atoms with Gasteiger partial charge in [0, 0.05) is 6.54 Å². The van der Waals surface area contributed by atoms with Crippen molar-refractivity contribution >= 4 is 10.0 Å². The number of hydrogen-bond donors (Lipinski definition) is 0. The molecule has 0 aliphatic carbocycles. The van der Waals surface area contributed by atoms with Gasteiger partial charge in [-0.1, -0.05) is 17.7 Å². The molecule has 2 atom stereocenters. The number of piperidine rings is 1. The third kappa shape index (κ3) is 2.62. The third-order valence-electron chi connectivity index (χ3n) is 4.60. The van der Waals surface area contributed by atoms with Crippen LogP contribution in [0, 0.1) is 6.92 Å². The van der Waals surface area contributed by atoms with Crippen LogP contribution >= 0.6 is 0 Å². The fourth-order valence-electron chi connectivity index (χ4n) is 3.45. The van der Waals surface area contributed by atoms with Gasteiger partial charge in [-0.2, -0.15) is 4.31 Å². The van der Waals surface area contributed by atoms with Gasteiger partial charge < -0.3 is 4.74 Å². The molecule has 2 aliphatic heterocycles. The Morgan fingerprint density at radius 3 is 2.52 bits per heavy atom. The highest BCUT2D eigenvalue weighted by Gasteiger charge is 2.50. The molecular formula is C16H23NO3S. The summed E-state index contributed by atoms with van der Waals surface area (Å²) in [5.41, 5.74) is 0.453. The molecule has 2 fully saturated rings. The molecular weight excluding hydrogens is 286 g/mol. The summed E-state index contributed by atoms with van der Waals surface area (Å²) in [7, 11) is -3.49. The van der Waals surface area contributed by atoms with Crippen molar-refractivity contribution in [2.75, 3.05) is 6.54 Å². The highest BCUT2D eigenvalue weighted by Crippen LogP contribution is 2.43. The first-order chi connectivity index (χ1) is 9.94. The van der Waals surface area contributed by atoms with Crippen LogP contribution in [-0.4, -0.2) is 31.1 Å². The number of sulfonamides is 1. The van der Waals surface area contributed by atoms with E-state index in [1.807, 2.05) is 26.0 Å². The van der Waals surface area contributed by atoms with Crippen LogP contribution in [0.5, 0.6) is 0 Å². The lowest BCUT2D eigenvalue weighted by molar-refractivity contribution is -0.125. The zero-order valence-corrected chi connectivity index (χ0v) is 13.5. The zero-order valence-electron chi connectivity index (χ0n) is 12.7. The van der Waals surface area contributed by atoms with Gasteiger partial charge in [0.1, 0.15) is 5.72 Å². The van der Waals surface area contributed by atoms with E-state index in [0.29, 0.717) is 11.4 Å². The van der Waals surface area contributed by atoms with E-state index in [2.05, 4.69) is 0 Å². The van der Waals surface area contributed by atoms with Crippen molar-refractivity contribution in [2.45, 2.75) is 62.7 Å². The lowest BCUT2D eigenvalue weighted by Crippen LogP contribution is -2.54. The molecule has 1 spiro atoms. The van der Waals surface area contributed by atoms with E-state index in [9.17, 15) is 8.42 Å². The molecule has 3 rings (SSSR count). The van der Waals surface area contributed by atoms with Crippen molar-refractivity contribution in [3.63, 3.8) is 0 Å². The van der Waals surface area contributed by atoms with Crippen molar-refractivity contribution in [2.24, 2.45) is 0 Å². The average molecular weight is 309 g/mol. The van der Waals surface area contributed by atoms with Crippen LogP contribution in [0.3, 0.4) is 0 Å². The van der Waals surface area contributed by atoms with Crippen molar-refractivity contribution in [3.8, 4) is 0 Å². The minimum Gasteiger partial charge on any atom is -0.356 e. The Kier molecular flexibility index (Phi) is 3.84. The van der Waals surface area contributed by atoms with Crippen LogP contribution in [-0.2, 0) is 14.8 Å². The summed E-state index contributed by atoms with van der Waals surface area (Å²) in [5, 5.41) is 0. The van der Waals surface area contributed by atoms with E-state index < -0.39 is 15.7 Å². The van der Waals surface area contributed by atoms with Crippen LogP contribution in [0.2, 0.25) is 0 Å². The number of rotatable bonds is 2. The standard InChI is InChI=1S/C16H23NO3S/c1-13-5-7-15(8-6-13)21(18,19)17-12-4-3-10-16(17)11-9-14(2)20-16/h5-8,14H,3-4,9-12H2,1-2H3. The van der Waals surface area contributed by atoms with Crippen LogP contribution in [0.1, 0.15) is 44.6 Å². The van der Waals surface area contributed by atoms with Gasteiger partial charge in [-0.25, -0.2) is 8.42 Å². The molecule has 5 heteroatoms. The van der Waals surface area contributed by atoms with Crippen LogP contribution < -0.4 is 0 Å². The molecule has 21 heavy (non-hydrogen) atoms. The van der Waals surface area contributed by atoms with Crippen LogP contribution in [0.4, 0.5) is 0 Å². The Morgan fingerprint density at radius 2 is 1.90 bits per heavy atom. The maximum Gasteiger partial charge on any atom is 0.245 e. The van der Waals surface area contributed by atoms with E-state index in [-0.39, 0.29) is 6.10 Å². The highest BCUT2D eigenvalue weighted by atomic mass is 32.2. The lowest BCUT2D eigenvalue weighted by atomic mass is 9.98. The Balaban J connectivity index is 1.98. The molecule has 0 amide bonds. The van der Waals surface area contributed by atoms with Crippen molar-refractivity contribution < 1.29 is 13.2 Å². The molecule has 1 aromatic carbocycles. The van der Waals surface area contributed by atoms with E-state index >= 15 is 0 Å². The second kappa shape index (κ2) is 5.38. The minimum absolute atomic E-state index is 0.138. The van der Waals surface area contributed by atoms with E-state index in [0.717, 1.165) is 37.7 Å². The number of nitrogens with zero attached hydrogens (tertiary/aromatic N) is 1. The fourth-order valence-corrected chi connectivity index (χ4v) is 5.22. The summed E-state index contributed by atoms with van der Waals surface area (Å²) in [4.78, 5) is 0.373. The van der Waals surface area contributed by atoms with Gasteiger partial charge in [0.15, 0.2) is 0 Å². The Labute approximate surface area is 127 Å². The molecule has 0 N–H and O–H groups in total. The quantitative estimate of drug-likeness (QED) is 0.843. The Hall–Kier alpha value is -0.910. The molecule has 1 aromatic rings. The average Bonchev–Trinajstić information content (AvgIpc) is 2.81. The van der Waals surface area contributed by atoms with Crippen LogP contribution in [0.15, 0.2) is 29.2 Å². The van der Waals surface area contributed by atoms with Gasteiger partial charge in [-0.05, 0) is 58.1 Å².